The molecule has 2 amide bonds. The molecule has 0 rings (SSSR count). The van der Waals surface area contributed by atoms with Crippen LogP contribution in [0.2, 0.25) is 0 Å². The molecule has 9 heteroatoms. The van der Waals surface area contributed by atoms with Gasteiger partial charge in [0.1, 0.15) is 13.2 Å². The van der Waals surface area contributed by atoms with Crippen LogP contribution in [0, 0.1) is 0 Å². The Bertz CT molecular complexity index is 245. The van der Waals surface area contributed by atoms with E-state index in [2.05, 4.69) is 15.8 Å². The van der Waals surface area contributed by atoms with Crippen molar-refractivity contribution in [2.45, 2.75) is 6.18 Å². The Hall–Kier alpha value is -1.51. The van der Waals surface area contributed by atoms with Gasteiger partial charge in [-0.2, -0.15) is 13.2 Å². The Labute approximate surface area is 89.3 Å². The highest BCUT2D eigenvalue weighted by atomic mass is 19.4. The number of alkyl halides is 3. The topological polar surface area (TPSA) is 93.5 Å². The van der Waals surface area contributed by atoms with Gasteiger partial charge >= 0.3 is 12.3 Å². The van der Waals surface area contributed by atoms with Crippen LogP contribution in [0.1, 0.15) is 0 Å². The van der Waals surface area contributed by atoms with E-state index < -0.39 is 24.7 Å². The molecule has 0 aliphatic heterocycles. The van der Waals surface area contributed by atoms with Gasteiger partial charge in [-0.15, -0.1) is 0 Å². The molecule has 0 aliphatic carbocycles. The van der Waals surface area contributed by atoms with E-state index in [4.69, 9.17) is 0 Å². The molecule has 0 spiro atoms. The summed E-state index contributed by atoms with van der Waals surface area (Å²) < 4.78 is 39.2. The second kappa shape index (κ2) is 6.88. The van der Waals surface area contributed by atoms with Crippen LogP contribution in [-0.2, 0) is 9.53 Å². The highest BCUT2D eigenvalue weighted by Crippen LogP contribution is 2.11. The number of primary amides is 1. The minimum Gasteiger partial charge on any atom is -0.448 e. The van der Waals surface area contributed by atoms with Crippen LogP contribution in [0.3, 0.4) is 0 Å². The predicted molar refractivity (Wildman–Crippen MR) is 47.5 cm³/mol. The van der Waals surface area contributed by atoms with Gasteiger partial charge in [0.15, 0.2) is 0 Å². The van der Waals surface area contributed by atoms with E-state index in [1.54, 1.807) is 5.32 Å². The van der Waals surface area contributed by atoms with E-state index >= 15 is 0 Å². The van der Waals surface area contributed by atoms with Gasteiger partial charge in [-0.3, -0.25) is 4.79 Å². The Morgan fingerprint density at radius 3 is 2.44 bits per heavy atom. The highest BCUT2D eigenvalue weighted by Gasteiger charge is 2.27. The number of hydrogen-bond acceptors (Lipinski definition) is 4. The van der Waals surface area contributed by atoms with Crippen LogP contribution < -0.4 is 16.4 Å². The third-order valence-corrected chi connectivity index (χ3v) is 1.29. The lowest BCUT2D eigenvalue weighted by molar-refractivity contribution is -0.137. The van der Waals surface area contributed by atoms with E-state index in [9.17, 15) is 22.8 Å². The molecule has 0 aliphatic rings. The van der Waals surface area contributed by atoms with Crippen LogP contribution in [0.5, 0.6) is 0 Å². The van der Waals surface area contributed by atoms with Crippen LogP contribution in [0.4, 0.5) is 18.0 Å². The van der Waals surface area contributed by atoms with E-state index in [1.807, 2.05) is 0 Å². The average Bonchev–Trinajstić information content (AvgIpc) is 2.12. The molecule has 0 fully saturated rings. The number of ether oxygens (including phenoxy) is 1. The summed E-state index contributed by atoms with van der Waals surface area (Å²) in [5.74, 6) is -0.795. The fourth-order valence-electron chi connectivity index (χ4n) is 0.687. The lowest BCUT2D eigenvalue weighted by Gasteiger charge is -2.08. The zero-order valence-electron chi connectivity index (χ0n) is 8.26. The van der Waals surface area contributed by atoms with Crippen molar-refractivity contribution in [3.05, 3.63) is 0 Å². The summed E-state index contributed by atoms with van der Waals surface area (Å²) in [4.78, 5) is 20.9. The smallest absolute Gasteiger partial charge is 0.405 e. The Balaban J connectivity index is 3.41. The highest BCUT2D eigenvalue weighted by molar-refractivity contribution is 5.78. The van der Waals surface area contributed by atoms with Crippen molar-refractivity contribution in [2.24, 2.45) is 5.73 Å². The molecule has 0 aromatic carbocycles. The molecule has 4 N–H and O–H groups in total. The first-order chi connectivity index (χ1) is 7.31. The number of carbonyl (C=O) groups excluding carboxylic acids is 2. The van der Waals surface area contributed by atoms with Crippen molar-refractivity contribution in [2.75, 3.05) is 26.2 Å². The number of hydrogen-bond donors (Lipinski definition) is 3. The number of nitrogens with two attached hydrogens (primary N) is 1. The van der Waals surface area contributed by atoms with Gasteiger partial charge in [-0.1, -0.05) is 0 Å². The lowest BCUT2D eigenvalue weighted by atomic mass is 10.5. The van der Waals surface area contributed by atoms with Gasteiger partial charge in [0.05, 0.1) is 6.54 Å². The van der Waals surface area contributed by atoms with Crippen LogP contribution >= 0.6 is 0 Å². The number of carbonyl (C=O) groups is 2. The van der Waals surface area contributed by atoms with Crippen molar-refractivity contribution >= 4 is 12.0 Å². The molecular weight excluding hydrogens is 231 g/mol. The average molecular weight is 243 g/mol. The molecule has 0 atom stereocenters. The Morgan fingerprint density at radius 1 is 1.31 bits per heavy atom. The molecule has 0 aromatic heterocycles. The molecule has 0 saturated carbocycles. The van der Waals surface area contributed by atoms with Gasteiger partial charge in [-0.05, 0) is 0 Å². The summed E-state index contributed by atoms with van der Waals surface area (Å²) in [6, 6.07) is 0. The molecule has 6 nitrogen and oxygen atoms in total. The molecule has 0 radical (unpaired) electrons. The maximum atomic E-state index is 11.6. The van der Waals surface area contributed by atoms with E-state index in [0.717, 1.165) is 0 Å². The van der Waals surface area contributed by atoms with E-state index in [0.29, 0.717) is 0 Å². The molecule has 0 saturated heterocycles. The zero-order valence-corrected chi connectivity index (χ0v) is 8.26. The van der Waals surface area contributed by atoms with Crippen molar-refractivity contribution in [3.8, 4) is 0 Å². The van der Waals surface area contributed by atoms with Crippen molar-refractivity contribution in [1.82, 2.24) is 10.6 Å². The van der Waals surface area contributed by atoms with E-state index in [1.165, 1.54) is 0 Å². The third kappa shape index (κ3) is 10.6. The summed E-state index contributed by atoms with van der Waals surface area (Å²) in [6.07, 6.45) is -5.38. The summed E-state index contributed by atoms with van der Waals surface area (Å²) in [6.45, 7) is -1.59. The fraction of sp³-hybridized carbons (Fsp3) is 0.714. The minimum absolute atomic E-state index is 0.0537. The third-order valence-electron chi connectivity index (χ3n) is 1.29. The SMILES string of the molecule is NC(=O)OCCNCC(=O)NCC(F)(F)F. The first kappa shape index (κ1) is 14.5. The summed E-state index contributed by atoms with van der Waals surface area (Å²) >= 11 is 0. The summed E-state index contributed by atoms with van der Waals surface area (Å²) in [5, 5.41) is 4.13. The number of amides is 2. The molecule has 0 heterocycles. The standard InChI is InChI=1S/C7H12F3N3O3/c8-7(9,10)4-13-5(14)3-12-1-2-16-6(11)15/h12H,1-4H2,(H2,11,15)(H,13,14). The second-order valence-electron chi connectivity index (χ2n) is 2.74. The van der Waals surface area contributed by atoms with E-state index in [-0.39, 0.29) is 19.7 Å². The van der Waals surface area contributed by atoms with Crippen LogP contribution in [0.25, 0.3) is 0 Å². The number of rotatable bonds is 6. The predicted octanol–water partition coefficient (Wildman–Crippen LogP) is -0.650. The number of nitrogens with one attached hydrogen (secondary N) is 2. The summed E-state index contributed by atoms with van der Waals surface area (Å²) in [7, 11) is 0. The monoisotopic (exact) mass is 243 g/mol. The Morgan fingerprint density at radius 2 is 1.94 bits per heavy atom. The second-order valence-corrected chi connectivity index (χ2v) is 2.74. The lowest BCUT2D eigenvalue weighted by Crippen LogP contribution is -2.40. The number of halogens is 3. The summed E-state index contributed by atoms with van der Waals surface area (Å²) in [5.41, 5.74) is 4.64. The molecule has 94 valence electrons. The maximum Gasteiger partial charge on any atom is 0.405 e. The minimum atomic E-state index is -4.43. The molecule has 0 unspecified atom stereocenters. The van der Waals surface area contributed by atoms with Gasteiger partial charge in [-0.25, -0.2) is 4.79 Å². The van der Waals surface area contributed by atoms with Crippen molar-refractivity contribution in [1.29, 1.82) is 0 Å². The molecule has 0 bridgehead atoms. The fourth-order valence-corrected chi connectivity index (χ4v) is 0.687. The quantitative estimate of drug-likeness (QED) is 0.540. The largest absolute Gasteiger partial charge is 0.448 e. The zero-order chi connectivity index (χ0) is 12.6. The van der Waals surface area contributed by atoms with Crippen LogP contribution in [-0.4, -0.2) is 44.4 Å². The van der Waals surface area contributed by atoms with Gasteiger partial charge in [0.2, 0.25) is 5.91 Å². The van der Waals surface area contributed by atoms with Gasteiger partial charge in [0, 0.05) is 6.54 Å². The van der Waals surface area contributed by atoms with Crippen LogP contribution in [0.15, 0.2) is 0 Å². The first-order valence-electron chi connectivity index (χ1n) is 4.27. The molecular formula is C7H12F3N3O3. The van der Waals surface area contributed by atoms with Gasteiger partial charge in [0.25, 0.3) is 0 Å². The normalized spacial score (nSPS) is 10.9. The first-order valence-corrected chi connectivity index (χ1v) is 4.27. The van der Waals surface area contributed by atoms with Gasteiger partial charge < -0.3 is 21.1 Å². The van der Waals surface area contributed by atoms with Crippen molar-refractivity contribution < 1.29 is 27.5 Å². The van der Waals surface area contributed by atoms with Crippen molar-refractivity contribution in [3.63, 3.8) is 0 Å². The molecule has 0 aromatic rings. The Kier molecular flexibility index (Phi) is 6.23. The maximum absolute atomic E-state index is 11.6. The molecule has 16 heavy (non-hydrogen) atoms.